The molecule has 2 rings (SSSR count). The quantitative estimate of drug-likeness (QED) is 0.487. The number of carbonyl (C=O) groups is 1. The van der Waals surface area contributed by atoms with E-state index in [2.05, 4.69) is 33.1 Å². The highest BCUT2D eigenvalue weighted by Gasteiger charge is 2.02. The van der Waals surface area contributed by atoms with Crippen molar-refractivity contribution in [3.05, 3.63) is 63.2 Å². The molecule has 0 fully saturated rings. The van der Waals surface area contributed by atoms with Crippen molar-refractivity contribution in [3.63, 3.8) is 0 Å². The summed E-state index contributed by atoms with van der Waals surface area (Å²) in [6, 6.07) is 14.4. The molecule has 0 aliphatic rings. The average Bonchev–Trinajstić information content (AvgIpc) is 2.41. The summed E-state index contributed by atoms with van der Waals surface area (Å²) in [4.78, 5) is 11.7. The number of aromatic hydroxyl groups is 1. The first-order chi connectivity index (χ1) is 9.63. The van der Waals surface area contributed by atoms with Gasteiger partial charge in [-0.15, -0.1) is 0 Å². The van der Waals surface area contributed by atoms with E-state index in [-0.39, 0.29) is 18.1 Å². The van der Waals surface area contributed by atoms with Crippen molar-refractivity contribution in [2.45, 2.75) is 6.42 Å². The summed E-state index contributed by atoms with van der Waals surface area (Å²) in [5, 5.41) is 13.2. The van der Waals surface area contributed by atoms with Crippen LogP contribution in [0, 0.1) is 3.57 Å². The van der Waals surface area contributed by atoms with Gasteiger partial charge in [0, 0.05) is 3.57 Å². The Hall–Kier alpha value is -1.89. The molecule has 2 N–H and O–H groups in total. The molecule has 0 heterocycles. The van der Waals surface area contributed by atoms with Crippen molar-refractivity contribution in [3.8, 4) is 5.75 Å². The van der Waals surface area contributed by atoms with Crippen LogP contribution in [0.5, 0.6) is 5.75 Å². The lowest BCUT2D eigenvalue weighted by atomic mass is 10.1. The van der Waals surface area contributed by atoms with E-state index in [4.69, 9.17) is 0 Å². The van der Waals surface area contributed by atoms with Crippen molar-refractivity contribution >= 4 is 34.7 Å². The highest BCUT2D eigenvalue weighted by atomic mass is 127. The fourth-order valence-electron chi connectivity index (χ4n) is 1.62. The summed E-state index contributed by atoms with van der Waals surface area (Å²) in [6.07, 6.45) is 1.77. The van der Waals surface area contributed by atoms with E-state index < -0.39 is 0 Å². The number of hydrogen-bond acceptors (Lipinski definition) is 3. The van der Waals surface area contributed by atoms with Gasteiger partial charge in [-0.2, -0.15) is 5.10 Å². The minimum Gasteiger partial charge on any atom is -0.508 e. The van der Waals surface area contributed by atoms with Crippen molar-refractivity contribution < 1.29 is 9.90 Å². The Bertz CT molecular complexity index is 624. The Labute approximate surface area is 130 Å². The first-order valence-corrected chi connectivity index (χ1v) is 7.07. The topological polar surface area (TPSA) is 61.7 Å². The molecule has 20 heavy (non-hydrogen) atoms. The van der Waals surface area contributed by atoms with Gasteiger partial charge in [0.2, 0.25) is 5.91 Å². The van der Waals surface area contributed by atoms with E-state index in [9.17, 15) is 9.90 Å². The minimum atomic E-state index is -0.225. The maximum atomic E-state index is 11.7. The van der Waals surface area contributed by atoms with Crippen LogP contribution in [-0.4, -0.2) is 17.2 Å². The molecule has 0 radical (unpaired) electrons. The highest BCUT2D eigenvalue weighted by molar-refractivity contribution is 14.1. The molecular weight excluding hydrogens is 367 g/mol. The van der Waals surface area contributed by atoms with Crippen LogP contribution in [0.25, 0.3) is 0 Å². The zero-order valence-corrected chi connectivity index (χ0v) is 12.7. The summed E-state index contributed by atoms with van der Waals surface area (Å²) < 4.78 is 1.15. The smallest absolute Gasteiger partial charge is 0.244 e. The Morgan fingerprint density at radius 3 is 2.70 bits per heavy atom. The predicted octanol–water partition coefficient (Wildman–Crippen LogP) is 2.69. The second kappa shape index (κ2) is 7.04. The molecule has 0 unspecified atom stereocenters. The summed E-state index contributed by atoms with van der Waals surface area (Å²) in [7, 11) is 0. The lowest BCUT2D eigenvalue weighted by Gasteiger charge is -2.01. The molecule has 2 aromatic carbocycles. The molecule has 0 aliphatic heterocycles. The lowest BCUT2D eigenvalue weighted by Crippen LogP contribution is -2.19. The number of hydrogen-bond donors (Lipinski definition) is 2. The third kappa shape index (κ3) is 4.65. The average molecular weight is 380 g/mol. The van der Waals surface area contributed by atoms with Gasteiger partial charge in [0.25, 0.3) is 0 Å². The molecule has 0 saturated heterocycles. The Balaban J connectivity index is 1.87. The maximum Gasteiger partial charge on any atom is 0.244 e. The molecular formula is C15H13IN2O2. The lowest BCUT2D eigenvalue weighted by molar-refractivity contribution is -0.120. The molecule has 0 aromatic heterocycles. The first-order valence-electron chi connectivity index (χ1n) is 5.99. The molecule has 2 aromatic rings. The van der Waals surface area contributed by atoms with Gasteiger partial charge in [-0.3, -0.25) is 4.79 Å². The standard InChI is InChI=1S/C15H13IN2O2/c16-13-6-4-11(5-7-13)10-17-18-15(20)9-12-2-1-3-14(19)8-12/h1-8,10,19H,9H2,(H,18,20)/b17-10+. The summed E-state index contributed by atoms with van der Waals surface area (Å²) in [5.41, 5.74) is 4.12. The van der Waals surface area contributed by atoms with Gasteiger partial charge in [0.15, 0.2) is 0 Å². The van der Waals surface area contributed by atoms with Crippen molar-refractivity contribution in [1.82, 2.24) is 5.43 Å². The summed E-state index contributed by atoms with van der Waals surface area (Å²) in [5.74, 6) is -0.0740. The van der Waals surface area contributed by atoms with E-state index >= 15 is 0 Å². The van der Waals surface area contributed by atoms with Gasteiger partial charge in [-0.1, -0.05) is 24.3 Å². The molecule has 0 bridgehead atoms. The van der Waals surface area contributed by atoms with Crippen LogP contribution in [0.2, 0.25) is 0 Å². The molecule has 5 heteroatoms. The third-order valence-electron chi connectivity index (χ3n) is 2.55. The maximum absolute atomic E-state index is 11.7. The molecule has 0 spiro atoms. The third-order valence-corrected chi connectivity index (χ3v) is 3.27. The Morgan fingerprint density at radius 2 is 2.00 bits per heavy atom. The van der Waals surface area contributed by atoms with Crippen molar-refractivity contribution in [2.24, 2.45) is 5.10 Å². The van der Waals surface area contributed by atoms with Crippen LogP contribution in [0.1, 0.15) is 11.1 Å². The molecule has 102 valence electrons. The SMILES string of the molecule is O=C(Cc1cccc(O)c1)N/N=C/c1ccc(I)cc1. The Morgan fingerprint density at radius 1 is 1.25 bits per heavy atom. The summed E-state index contributed by atoms with van der Waals surface area (Å²) >= 11 is 2.23. The van der Waals surface area contributed by atoms with Gasteiger partial charge in [-0.25, -0.2) is 5.43 Å². The number of rotatable bonds is 4. The zero-order valence-electron chi connectivity index (χ0n) is 10.6. The van der Waals surface area contributed by atoms with E-state index in [1.807, 2.05) is 24.3 Å². The number of phenols is 1. The monoisotopic (exact) mass is 380 g/mol. The van der Waals surface area contributed by atoms with E-state index in [0.29, 0.717) is 0 Å². The minimum absolute atomic E-state index is 0.151. The first kappa shape index (κ1) is 14.5. The van der Waals surface area contributed by atoms with Gasteiger partial charge in [0.05, 0.1) is 12.6 Å². The molecule has 0 aliphatic carbocycles. The fraction of sp³-hybridized carbons (Fsp3) is 0.0667. The number of hydrazone groups is 1. The van der Waals surface area contributed by atoms with Crippen LogP contribution >= 0.6 is 22.6 Å². The van der Waals surface area contributed by atoms with E-state index in [1.165, 1.54) is 0 Å². The van der Waals surface area contributed by atoms with Crippen LogP contribution in [0.4, 0.5) is 0 Å². The molecule has 4 nitrogen and oxygen atoms in total. The molecule has 1 amide bonds. The zero-order chi connectivity index (χ0) is 14.4. The number of nitrogens with one attached hydrogen (secondary N) is 1. The second-order valence-electron chi connectivity index (χ2n) is 4.19. The number of nitrogens with zero attached hydrogens (tertiary/aromatic N) is 1. The van der Waals surface area contributed by atoms with E-state index in [0.717, 1.165) is 14.7 Å². The number of amides is 1. The Kier molecular flexibility index (Phi) is 5.11. The van der Waals surface area contributed by atoms with Crippen molar-refractivity contribution in [2.75, 3.05) is 0 Å². The van der Waals surface area contributed by atoms with E-state index in [1.54, 1.807) is 30.5 Å². The largest absolute Gasteiger partial charge is 0.508 e. The number of halogens is 1. The van der Waals surface area contributed by atoms with Crippen molar-refractivity contribution in [1.29, 1.82) is 0 Å². The van der Waals surface area contributed by atoms with Crippen LogP contribution in [-0.2, 0) is 11.2 Å². The molecule has 0 atom stereocenters. The van der Waals surface area contributed by atoms with Crippen LogP contribution < -0.4 is 5.43 Å². The van der Waals surface area contributed by atoms with Crippen LogP contribution in [0.15, 0.2) is 53.6 Å². The number of benzene rings is 2. The number of phenolic OH excluding ortho intramolecular Hbond substituents is 1. The molecule has 0 saturated carbocycles. The number of carbonyl (C=O) groups excluding carboxylic acids is 1. The normalized spacial score (nSPS) is 10.7. The van der Waals surface area contributed by atoms with Gasteiger partial charge in [0.1, 0.15) is 5.75 Å². The van der Waals surface area contributed by atoms with Gasteiger partial charge >= 0.3 is 0 Å². The summed E-state index contributed by atoms with van der Waals surface area (Å²) in [6.45, 7) is 0. The fourth-order valence-corrected chi connectivity index (χ4v) is 1.98. The second-order valence-corrected chi connectivity index (χ2v) is 5.44. The highest BCUT2D eigenvalue weighted by Crippen LogP contribution is 2.11. The van der Waals surface area contributed by atoms with Gasteiger partial charge in [-0.05, 0) is 58.0 Å². The predicted molar refractivity (Wildman–Crippen MR) is 86.7 cm³/mol. The van der Waals surface area contributed by atoms with Gasteiger partial charge < -0.3 is 5.11 Å². The van der Waals surface area contributed by atoms with Crippen LogP contribution in [0.3, 0.4) is 0 Å².